The number of esters is 2. The van der Waals surface area contributed by atoms with Crippen molar-refractivity contribution in [1.82, 2.24) is 5.32 Å². The van der Waals surface area contributed by atoms with E-state index in [0.717, 1.165) is 12.8 Å². The Kier molecular flexibility index (Phi) is 5.95. The maximum absolute atomic E-state index is 12.1. The average molecular weight is 305 g/mol. The number of hydrogen-bond acceptors (Lipinski definition) is 5. The molecule has 1 aliphatic rings. The summed E-state index contributed by atoms with van der Waals surface area (Å²) < 4.78 is 9.66. The first kappa shape index (κ1) is 16.5. The van der Waals surface area contributed by atoms with Gasteiger partial charge in [0.1, 0.15) is 0 Å². The monoisotopic (exact) mass is 305 g/mol. The molecule has 3 unspecified atom stereocenters. The van der Waals surface area contributed by atoms with Crippen LogP contribution in [-0.2, 0) is 25.6 Å². The molecule has 2 rings (SSSR count). The number of rotatable bonds is 6. The van der Waals surface area contributed by atoms with Crippen LogP contribution in [0.25, 0.3) is 0 Å². The number of ether oxygens (including phenoxy) is 2. The fourth-order valence-corrected chi connectivity index (χ4v) is 3.17. The summed E-state index contributed by atoms with van der Waals surface area (Å²) in [6.45, 7) is 0.698. The lowest BCUT2D eigenvalue weighted by molar-refractivity contribution is -0.149. The summed E-state index contributed by atoms with van der Waals surface area (Å²) in [6.07, 6.45) is 1.94. The van der Waals surface area contributed by atoms with Gasteiger partial charge in [-0.15, -0.1) is 0 Å². The smallest absolute Gasteiger partial charge is 0.310 e. The maximum atomic E-state index is 12.1. The van der Waals surface area contributed by atoms with Crippen molar-refractivity contribution in [2.45, 2.75) is 31.8 Å². The van der Waals surface area contributed by atoms with Gasteiger partial charge in [-0.3, -0.25) is 9.59 Å². The van der Waals surface area contributed by atoms with Crippen LogP contribution in [0.1, 0.15) is 24.8 Å². The van der Waals surface area contributed by atoms with Gasteiger partial charge in [0.25, 0.3) is 0 Å². The van der Waals surface area contributed by atoms with Crippen LogP contribution in [0.4, 0.5) is 0 Å². The number of nitrogens with one attached hydrogen (secondary N) is 1. The molecule has 5 nitrogen and oxygen atoms in total. The van der Waals surface area contributed by atoms with E-state index in [4.69, 9.17) is 9.47 Å². The Morgan fingerprint density at radius 2 is 1.86 bits per heavy atom. The van der Waals surface area contributed by atoms with Crippen LogP contribution in [0.3, 0.4) is 0 Å². The number of methoxy groups -OCH3 is 2. The predicted molar refractivity (Wildman–Crippen MR) is 81.9 cm³/mol. The molecular formula is C17H23NO4. The number of carbonyl (C=O) groups excluding carboxylic acids is 2. The van der Waals surface area contributed by atoms with Crippen LogP contribution >= 0.6 is 0 Å². The summed E-state index contributed by atoms with van der Waals surface area (Å²) in [5.74, 6) is -0.847. The SMILES string of the molecule is COC(=O)CC1CCC(NCc2ccccc2)C1C(=O)OC. The third-order valence-electron chi connectivity index (χ3n) is 4.33. The molecular weight excluding hydrogens is 282 g/mol. The molecule has 5 heteroatoms. The quantitative estimate of drug-likeness (QED) is 0.813. The minimum atomic E-state index is -0.298. The van der Waals surface area contributed by atoms with E-state index >= 15 is 0 Å². The largest absolute Gasteiger partial charge is 0.469 e. The lowest BCUT2D eigenvalue weighted by Gasteiger charge is -2.23. The molecule has 1 aliphatic carbocycles. The molecule has 22 heavy (non-hydrogen) atoms. The topological polar surface area (TPSA) is 64.6 Å². The fourth-order valence-electron chi connectivity index (χ4n) is 3.17. The van der Waals surface area contributed by atoms with E-state index in [-0.39, 0.29) is 36.2 Å². The van der Waals surface area contributed by atoms with Gasteiger partial charge in [-0.25, -0.2) is 0 Å². The van der Waals surface area contributed by atoms with E-state index in [1.165, 1.54) is 19.8 Å². The zero-order valence-electron chi connectivity index (χ0n) is 13.1. The highest BCUT2D eigenvalue weighted by molar-refractivity contribution is 5.76. The van der Waals surface area contributed by atoms with Crippen molar-refractivity contribution in [2.24, 2.45) is 11.8 Å². The molecule has 0 radical (unpaired) electrons. The standard InChI is InChI=1S/C17H23NO4/c1-21-15(19)10-13-8-9-14(16(13)17(20)22-2)18-11-12-6-4-3-5-7-12/h3-7,13-14,16,18H,8-11H2,1-2H3. The van der Waals surface area contributed by atoms with Crippen LogP contribution in [0.5, 0.6) is 0 Å². The summed E-state index contributed by atoms with van der Waals surface area (Å²) in [5.41, 5.74) is 1.17. The van der Waals surface area contributed by atoms with Crippen molar-refractivity contribution < 1.29 is 19.1 Å². The molecule has 1 saturated carbocycles. The average Bonchev–Trinajstić information content (AvgIpc) is 2.95. The van der Waals surface area contributed by atoms with Crippen molar-refractivity contribution in [1.29, 1.82) is 0 Å². The minimum absolute atomic E-state index is 0.0202. The molecule has 0 amide bonds. The third-order valence-corrected chi connectivity index (χ3v) is 4.33. The molecule has 0 aliphatic heterocycles. The molecule has 1 fully saturated rings. The molecule has 0 bridgehead atoms. The van der Waals surface area contributed by atoms with Crippen molar-refractivity contribution in [3.05, 3.63) is 35.9 Å². The zero-order chi connectivity index (χ0) is 15.9. The minimum Gasteiger partial charge on any atom is -0.469 e. The molecule has 0 spiro atoms. The zero-order valence-corrected chi connectivity index (χ0v) is 13.1. The van der Waals surface area contributed by atoms with Crippen LogP contribution in [0.15, 0.2) is 30.3 Å². The Labute approximate surface area is 131 Å². The van der Waals surface area contributed by atoms with Crippen molar-refractivity contribution in [3.63, 3.8) is 0 Å². The van der Waals surface area contributed by atoms with E-state index < -0.39 is 0 Å². The third kappa shape index (κ3) is 4.07. The van der Waals surface area contributed by atoms with Crippen molar-refractivity contribution >= 4 is 11.9 Å². The van der Waals surface area contributed by atoms with Crippen molar-refractivity contribution in [2.75, 3.05) is 14.2 Å². The van der Waals surface area contributed by atoms with Crippen LogP contribution in [0.2, 0.25) is 0 Å². The second-order valence-corrected chi connectivity index (χ2v) is 5.64. The molecule has 1 aromatic carbocycles. The van der Waals surface area contributed by atoms with Crippen LogP contribution in [-0.4, -0.2) is 32.2 Å². The highest BCUT2D eigenvalue weighted by atomic mass is 16.5. The summed E-state index contributed by atoms with van der Waals surface area (Å²) in [6, 6.07) is 10.1. The summed E-state index contributed by atoms with van der Waals surface area (Å²) in [5, 5.41) is 3.43. The van der Waals surface area contributed by atoms with E-state index in [9.17, 15) is 9.59 Å². The first-order valence-corrected chi connectivity index (χ1v) is 7.57. The van der Waals surface area contributed by atoms with E-state index in [2.05, 4.69) is 5.32 Å². The van der Waals surface area contributed by atoms with Gasteiger partial charge in [-0.1, -0.05) is 30.3 Å². The van der Waals surface area contributed by atoms with Crippen LogP contribution in [0, 0.1) is 11.8 Å². The van der Waals surface area contributed by atoms with Gasteiger partial charge in [-0.2, -0.15) is 0 Å². The maximum Gasteiger partial charge on any atom is 0.310 e. The van der Waals surface area contributed by atoms with Gasteiger partial charge in [0.05, 0.1) is 20.1 Å². The number of carbonyl (C=O) groups is 2. The first-order chi connectivity index (χ1) is 10.7. The van der Waals surface area contributed by atoms with E-state index in [1.807, 2.05) is 30.3 Å². The van der Waals surface area contributed by atoms with E-state index in [0.29, 0.717) is 6.54 Å². The lowest BCUT2D eigenvalue weighted by atomic mass is 9.91. The van der Waals surface area contributed by atoms with E-state index in [1.54, 1.807) is 0 Å². The van der Waals surface area contributed by atoms with Crippen LogP contribution < -0.4 is 5.32 Å². The first-order valence-electron chi connectivity index (χ1n) is 7.57. The van der Waals surface area contributed by atoms with Gasteiger partial charge >= 0.3 is 11.9 Å². The summed E-state index contributed by atoms with van der Waals surface area (Å²) >= 11 is 0. The summed E-state index contributed by atoms with van der Waals surface area (Å²) in [4.78, 5) is 23.6. The fraction of sp³-hybridized carbons (Fsp3) is 0.529. The molecule has 3 atom stereocenters. The molecule has 120 valence electrons. The second-order valence-electron chi connectivity index (χ2n) is 5.64. The van der Waals surface area contributed by atoms with Gasteiger partial charge in [0, 0.05) is 19.0 Å². The van der Waals surface area contributed by atoms with Gasteiger partial charge in [0.15, 0.2) is 0 Å². The Balaban J connectivity index is 2.00. The van der Waals surface area contributed by atoms with Gasteiger partial charge in [-0.05, 0) is 24.3 Å². The highest BCUT2D eigenvalue weighted by Crippen LogP contribution is 2.35. The normalized spacial score (nSPS) is 24.0. The molecule has 0 saturated heterocycles. The number of hydrogen-bond donors (Lipinski definition) is 1. The second kappa shape index (κ2) is 7.94. The summed E-state index contributed by atoms with van der Waals surface area (Å²) in [7, 11) is 2.76. The van der Waals surface area contributed by atoms with Gasteiger partial charge < -0.3 is 14.8 Å². The molecule has 0 aromatic heterocycles. The number of benzene rings is 1. The Bertz CT molecular complexity index is 503. The Hall–Kier alpha value is -1.88. The Morgan fingerprint density at radius 3 is 2.50 bits per heavy atom. The molecule has 1 aromatic rings. The van der Waals surface area contributed by atoms with Crippen molar-refractivity contribution in [3.8, 4) is 0 Å². The molecule has 1 N–H and O–H groups in total. The Morgan fingerprint density at radius 1 is 1.14 bits per heavy atom. The lowest BCUT2D eigenvalue weighted by Crippen LogP contribution is -2.39. The van der Waals surface area contributed by atoms with Gasteiger partial charge in [0.2, 0.25) is 0 Å². The predicted octanol–water partition coefficient (Wildman–Crippen LogP) is 1.91. The highest BCUT2D eigenvalue weighted by Gasteiger charge is 2.42. The molecule has 0 heterocycles.